The van der Waals surface area contributed by atoms with Gasteiger partial charge < -0.3 is 5.73 Å². The summed E-state index contributed by atoms with van der Waals surface area (Å²) in [6, 6.07) is -0.357. The van der Waals surface area contributed by atoms with Gasteiger partial charge in [0.05, 0.1) is 12.6 Å². The molecule has 1 unspecified atom stereocenters. The first-order chi connectivity index (χ1) is 7.50. The number of nitrogens with two attached hydrogens (primary N) is 1. The zero-order chi connectivity index (χ0) is 12.1. The minimum absolute atomic E-state index is 0.357. The number of primary amides is 1. The van der Waals surface area contributed by atoms with Crippen molar-refractivity contribution >= 4 is 5.91 Å². The SMILES string of the molecule is CC(C)Cn1ncnc1CNC(C)C(N)=O. The van der Waals surface area contributed by atoms with Crippen molar-refractivity contribution in [1.29, 1.82) is 0 Å². The summed E-state index contributed by atoms with van der Waals surface area (Å²) < 4.78 is 1.84. The van der Waals surface area contributed by atoms with Gasteiger partial charge in [0.1, 0.15) is 12.2 Å². The van der Waals surface area contributed by atoms with Crippen LogP contribution in [0.25, 0.3) is 0 Å². The Hall–Kier alpha value is -1.43. The molecule has 0 bridgehead atoms. The number of amides is 1. The van der Waals surface area contributed by atoms with Crippen molar-refractivity contribution in [2.75, 3.05) is 0 Å². The van der Waals surface area contributed by atoms with Crippen molar-refractivity contribution in [2.24, 2.45) is 11.7 Å². The topological polar surface area (TPSA) is 85.8 Å². The molecule has 1 aromatic heterocycles. The second-order valence-corrected chi connectivity index (χ2v) is 4.26. The molecule has 0 radical (unpaired) electrons. The summed E-state index contributed by atoms with van der Waals surface area (Å²) in [7, 11) is 0. The van der Waals surface area contributed by atoms with Crippen LogP contribution in [0.4, 0.5) is 0 Å². The Morgan fingerprint density at radius 2 is 2.25 bits per heavy atom. The normalized spacial score (nSPS) is 13.0. The Balaban J connectivity index is 2.53. The fraction of sp³-hybridized carbons (Fsp3) is 0.700. The molecular weight excluding hydrogens is 206 g/mol. The molecule has 1 aromatic rings. The van der Waals surface area contributed by atoms with Crippen LogP contribution in [0.15, 0.2) is 6.33 Å². The number of rotatable bonds is 6. The molecule has 1 amide bonds. The summed E-state index contributed by atoms with van der Waals surface area (Å²) in [5.74, 6) is 0.964. The Morgan fingerprint density at radius 1 is 1.56 bits per heavy atom. The molecule has 6 heteroatoms. The van der Waals surface area contributed by atoms with E-state index in [1.54, 1.807) is 6.92 Å². The molecule has 1 atom stereocenters. The van der Waals surface area contributed by atoms with Gasteiger partial charge in [-0.3, -0.25) is 10.1 Å². The molecule has 0 saturated heterocycles. The number of nitrogens with zero attached hydrogens (tertiary/aromatic N) is 3. The monoisotopic (exact) mass is 225 g/mol. The van der Waals surface area contributed by atoms with Crippen molar-refractivity contribution in [3.8, 4) is 0 Å². The quantitative estimate of drug-likeness (QED) is 0.707. The lowest BCUT2D eigenvalue weighted by Gasteiger charge is -2.11. The molecule has 1 heterocycles. The fourth-order valence-electron chi connectivity index (χ4n) is 1.27. The largest absolute Gasteiger partial charge is 0.368 e. The maximum absolute atomic E-state index is 10.8. The number of hydrogen-bond acceptors (Lipinski definition) is 4. The van der Waals surface area contributed by atoms with Gasteiger partial charge in [0.15, 0.2) is 0 Å². The Kier molecular flexibility index (Phi) is 4.42. The van der Waals surface area contributed by atoms with Crippen molar-refractivity contribution in [3.05, 3.63) is 12.2 Å². The molecule has 90 valence electrons. The third-order valence-electron chi connectivity index (χ3n) is 2.23. The Morgan fingerprint density at radius 3 is 2.81 bits per heavy atom. The van der Waals surface area contributed by atoms with E-state index in [4.69, 9.17) is 5.73 Å². The first-order valence-corrected chi connectivity index (χ1v) is 5.40. The van der Waals surface area contributed by atoms with Gasteiger partial charge in [-0.1, -0.05) is 13.8 Å². The van der Waals surface area contributed by atoms with Gasteiger partial charge >= 0.3 is 0 Å². The van der Waals surface area contributed by atoms with Crippen LogP contribution < -0.4 is 11.1 Å². The van der Waals surface area contributed by atoms with Gasteiger partial charge in [0.2, 0.25) is 5.91 Å². The molecule has 0 aliphatic carbocycles. The van der Waals surface area contributed by atoms with Gasteiger partial charge in [-0.05, 0) is 12.8 Å². The van der Waals surface area contributed by atoms with E-state index in [2.05, 4.69) is 29.2 Å². The van der Waals surface area contributed by atoms with Gasteiger partial charge in [-0.25, -0.2) is 9.67 Å². The summed E-state index contributed by atoms with van der Waals surface area (Å²) in [6.07, 6.45) is 1.52. The molecule has 0 saturated carbocycles. The molecule has 0 fully saturated rings. The van der Waals surface area contributed by atoms with Crippen molar-refractivity contribution in [1.82, 2.24) is 20.1 Å². The van der Waals surface area contributed by atoms with Gasteiger partial charge in [-0.15, -0.1) is 0 Å². The molecule has 6 nitrogen and oxygen atoms in total. The van der Waals surface area contributed by atoms with E-state index in [1.165, 1.54) is 6.33 Å². The number of aromatic nitrogens is 3. The van der Waals surface area contributed by atoms with Crippen molar-refractivity contribution in [2.45, 2.75) is 39.9 Å². The number of hydrogen-bond donors (Lipinski definition) is 2. The van der Waals surface area contributed by atoms with E-state index in [0.717, 1.165) is 12.4 Å². The van der Waals surface area contributed by atoms with E-state index < -0.39 is 0 Å². The highest BCUT2D eigenvalue weighted by Gasteiger charge is 2.10. The summed E-state index contributed by atoms with van der Waals surface area (Å²) >= 11 is 0. The van der Waals surface area contributed by atoms with Crippen LogP contribution >= 0.6 is 0 Å². The highest BCUT2D eigenvalue weighted by atomic mass is 16.1. The number of carbonyl (C=O) groups excluding carboxylic acids is 1. The van der Waals surface area contributed by atoms with E-state index in [-0.39, 0.29) is 11.9 Å². The van der Waals surface area contributed by atoms with Crippen LogP contribution in [-0.4, -0.2) is 26.7 Å². The van der Waals surface area contributed by atoms with Crippen LogP contribution in [0.3, 0.4) is 0 Å². The lowest BCUT2D eigenvalue weighted by molar-refractivity contribution is -0.119. The lowest BCUT2D eigenvalue weighted by atomic mass is 10.2. The predicted octanol–water partition coefficient (Wildman–Crippen LogP) is -0.102. The fourth-order valence-corrected chi connectivity index (χ4v) is 1.27. The Labute approximate surface area is 95.2 Å². The highest BCUT2D eigenvalue weighted by Crippen LogP contribution is 2.01. The predicted molar refractivity (Wildman–Crippen MR) is 60.4 cm³/mol. The third-order valence-corrected chi connectivity index (χ3v) is 2.23. The van der Waals surface area contributed by atoms with E-state index in [9.17, 15) is 4.79 Å². The first-order valence-electron chi connectivity index (χ1n) is 5.40. The second kappa shape index (κ2) is 5.60. The molecule has 0 aliphatic rings. The standard InChI is InChI=1S/C10H19N5O/c1-7(2)5-15-9(13-6-14-15)4-12-8(3)10(11)16/h6-8,12H,4-5H2,1-3H3,(H2,11,16). The smallest absolute Gasteiger partial charge is 0.234 e. The molecule has 1 rings (SSSR count). The van der Waals surface area contributed by atoms with Crippen LogP contribution in [0, 0.1) is 5.92 Å². The minimum atomic E-state index is -0.366. The van der Waals surface area contributed by atoms with Crippen LogP contribution in [0.2, 0.25) is 0 Å². The number of nitrogens with one attached hydrogen (secondary N) is 1. The van der Waals surface area contributed by atoms with E-state index in [1.807, 2.05) is 4.68 Å². The minimum Gasteiger partial charge on any atom is -0.368 e. The molecule has 3 N–H and O–H groups in total. The second-order valence-electron chi connectivity index (χ2n) is 4.26. The van der Waals surface area contributed by atoms with Crippen LogP contribution in [0.5, 0.6) is 0 Å². The average Bonchev–Trinajstić information content (AvgIpc) is 2.60. The first kappa shape index (κ1) is 12.6. The van der Waals surface area contributed by atoms with Crippen molar-refractivity contribution in [3.63, 3.8) is 0 Å². The summed E-state index contributed by atoms with van der Waals surface area (Å²) in [6.45, 7) is 7.28. The third kappa shape index (κ3) is 3.62. The van der Waals surface area contributed by atoms with Crippen LogP contribution in [0.1, 0.15) is 26.6 Å². The summed E-state index contributed by atoms with van der Waals surface area (Å²) in [5.41, 5.74) is 5.15. The van der Waals surface area contributed by atoms with Crippen LogP contribution in [-0.2, 0) is 17.9 Å². The Bertz CT molecular complexity index is 347. The van der Waals surface area contributed by atoms with Crippen molar-refractivity contribution < 1.29 is 4.79 Å². The molecule has 16 heavy (non-hydrogen) atoms. The maximum atomic E-state index is 10.8. The zero-order valence-corrected chi connectivity index (χ0v) is 9.97. The van der Waals surface area contributed by atoms with E-state index >= 15 is 0 Å². The lowest BCUT2D eigenvalue weighted by Crippen LogP contribution is -2.38. The van der Waals surface area contributed by atoms with Gasteiger partial charge in [-0.2, -0.15) is 5.10 Å². The number of carbonyl (C=O) groups is 1. The van der Waals surface area contributed by atoms with Gasteiger partial charge in [0.25, 0.3) is 0 Å². The average molecular weight is 225 g/mol. The molecule has 0 spiro atoms. The summed E-state index contributed by atoms with van der Waals surface area (Å²) in [5, 5.41) is 7.13. The molecular formula is C10H19N5O. The van der Waals surface area contributed by atoms with E-state index in [0.29, 0.717) is 12.5 Å². The molecule has 0 aliphatic heterocycles. The highest BCUT2D eigenvalue weighted by molar-refractivity contribution is 5.79. The zero-order valence-electron chi connectivity index (χ0n) is 9.97. The summed E-state index contributed by atoms with van der Waals surface area (Å²) in [4.78, 5) is 15.0. The van der Waals surface area contributed by atoms with Gasteiger partial charge in [0, 0.05) is 6.54 Å². The maximum Gasteiger partial charge on any atom is 0.234 e. The molecule has 0 aromatic carbocycles.